The van der Waals surface area contributed by atoms with Crippen LogP contribution in [0, 0.1) is 13.8 Å². The van der Waals surface area contributed by atoms with Crippen LogP contribution in [-0.4, -0.2) is 29.8 Å². The number of nitrogens with zero attached hydrogens (tertiary/aromatic N) is 4. The van der Waals surface area contributed by atoms with Gasteiger partial charge >= 0.3 is 5.69 Å². The number of hydrogen-bond donors (Lipinski definition) is 1. The molecule has 32 heavy (non-hydrogen) atoms. The zero-order valence-electron chi connectivity index (χ0n) is 18.0. The van der Waals surface area contributed by atoms with Gasteiger partial charge in [-0.25, -0.2) is 14.0 Å². The molecule has 4 rings (SSSR count). The molecular formula is C23H21ClN4O4. The van der Waals surface area contributed by atoms with E-state index in [-0.39, 0.29) is 22.4 Å². The minimum absolute atomic E-state index is 0.0919. The van der Waals surface area contributed by atoms with E-state index in [9.17, 15) is 19.5 Å². The smallest absolute Gasteiger partial charge is 0.335 e. The first kappa shape index (κ1) is 21.6. The van der Waals surface area contributed by atoms with Crippen LogP contribution in [0.1, 0.15) is 34.1 Å². The molecule has 164 valence electrons. The molecule has 0 amide bonds. The summed E-state index contributed by atoms with van der Waals surface area (Å²) in [6, 6.07) is 9.57. The van der Waals surface area contributed by atoms with Crippen molar-refractivity contribution in [2.24, 2.45) is 7.05 Å². The van der Waals surface area contributed by atoms with E-state index in [4.69, 9.17) is 11.6 Å². The van der Waals surface area contributed by atoms with Crippen molar-refractivity contribution in [3.05, 3.63) is 84.6 Å². The largest absolute Gasteiger partial charge is 0.493 e. The summed E-state index contributed by atoms with van der Waals surface area (Å²) in [4.78, 5) is 39.8. The highest BCUT2D eigenvalue weighted by atomic mass is 35.5. The van der Waals surface area contributed by atoms with Crippen molar-refractivity contribution >= 4 is 28.3 Å². The molecule has 0 atom stereocenters. The van der Waals surface area contributed by atoms with Crippen molar-refractivity contribution < 1.29 is 9.90 Å². The van der Waals surface area contributed by atoms with E-state index in [1.807, 2.05) is 0 Å². The van der Waals surface area contributed by atoms with Crippen molar-refractivity contribution in [1.29, 1.82) is 0 Å². The van der Waals surface area contributed by atoms with Crippen molar-refractivity contribution in [3.63, 3.8) is 0 Å². The maximum atomic E-state index is 13.5. The molecule has 1 N–H and O–H groups in total. The minimum atomic E-state index is -0.553. The first-order chi connectivity index (χ1) is 15.2. The molecule has 0 fully saturated rings. The summed E-state index contributed by atoms with van der Waals surface area (Å²) >= 11 is 6.07. The lowest BCUT2D eigenvalue weighted by Crippen LogP contribution is -2.38. The molecule has 2 aromatic carbocycles. The van der Waals surface area contributed by atoms with Crippen LogP contribution in [0.5, 0.6) is 5.88 Å². The Morgan fingerprint density at radius 2 is 1.88 bits per heavy atom. The monoisotopic (exact) mass is 452 g/mol. The Morgan fingerprint density at radius 1 is 1.16 bits per heavy atom. The molecule has 0 spiro atoms. The number of rotatable bonds is 4. The van der Waals surface area contributed by atoms with Gasteiger partial charge in [0, 0.05) is 24.2 Å². The van der Waals surface area contributed by atoms with Crippen LogP contribution in [-0.2, 0) is 13.6 Å². The first-order valence-corrected chi connectivity index (χ1v) is 10.4. The van der Waals surface area contributed by atoms with Crippen molar-refractivity contribution in [1.82, 2.24) is 18.9 Å². The summed E-state index contributed by atoms with van der Waals surface area (Å²) in [7, 11) is 1.56. The highest BCUT2D eigenvalue weighted by molar-refractivity contribution is 6.30. The predicted octanol–water partition coefficient (Wildman–Crippen LogP) is 3.11. The molecule has 0 unspecified atom stereocenters. The zero-order chi connectivity index (χ0) is 23.3. The van der Waals surface area contributed by atoms with E-state index < -0.39 is 17.0 Å². The van der Waals surface area contributed by atoms with Crippen molar-refractivity contribution in [2.75, 3.05) is 0 Å². The molecule has 0 aliphatic heterocycles. The fourth-order valence-electron chi connectivity index (χ4n) is 3.98. The molecule has 8 nitrogen and oxygen atoms in total. The molecular weight excluding hydrogens is 432 g/mol. The molecule has 0 aliphatic rings. The molecule has 9 heteroatoms. The minimum Gasteiger partial charge on any atom is -0.493 e. The number of aryl methyl sites for hydroxylation is 4. The van der Waals surface area contributed by atoms with E-state index >= 15 is 0 Å². The second-order valence-electron chi connectivity index (χ2n) is 7.52. The highest BCUT2D eigenvalue weighted by Crippen LogP contribution is 2.27. The topological polar surface area (TPSA) is 99.1 Å². The van der Waals surface area contributed by atoms with Gasteiger partial charge in [0.25, 0.3) is 5.56 Å². The van der Waals surface area contributed by atoms with E-state index in [0.29, 0.717) is 34.0 Å². The fourth-order valence-corrected chi connectivity index (χ4v) is 4.16. The molecule has 0 radical (unpaired) electrons. The van der Waals surface area contributed by atoms with Crippen LogP contribution in [0.25, 0.3) is 16.6 Å². The maximum absolute atomic E-state index is 13.5. The Kier molecular flexibility index (Phi) is 5.26. The summed E-state index contributed by atoms with van der Waals surface area (Å²) in [5, 5.41) is 15.3. The summed E-state index contributed by atoms with van der Waals surface area (Å²) in [5.41, 5.74) is 0.798. The van der Waals surface area contributed by atoms with Gasteiger partial charge in [-0.15, -0.1) is 0 Å². The molecule has 0 saturated heterocycles. The van der Waals surface area contributed by atoms with E-state index in [2.05, 4.69) is 5.10 Å². The Morgan fingerprint density at radius 3 is 2.50 bits per heavy atom. The quantitative estimate of drug-likeness (QED) is 0.479. The summed E-state index contributed by atoms with van der Waals surface area (Å²) in [6.07, 6.45) is 0. The maximum Gasteiger partial charge on any atom is 0.335 e. The average molecular weight is 453 g/mol. The molecule has 2 heterocycles. The zero-order valence-corrected chi connectivity index (χ0v) is 18.8. The van der Waals surface area contributed by atoms with Gasteiger partial charge in [-0.3, -0.25) is 14.2 Å². The van der Waals surface area contributed by atoms with E-state index in [0.717, 1.165) is 4.57 Å². The number of halogens is 1. The van der Waals surface area contributed by atoms with Crippen LogP contribution in [0.15, 0.2) is 46.0 Å². The standard InChI is InChI=1S/C23H21ClN4O4/c1-5-27-21(30)19(13(3)25-27)20(29)16-9-10-17-18(12(16)2)22(31)28(23(32)26(17)4)15-8-6-7-14(24)11-15/h6-11,30H,5H2,1-4H3. The molecule has 2 aromatic heterocycles. The number of fused-ring (bicyclic) bond motifs is 1. The van der Waals surface area contributed by atoms with Gasteiger partial charge in [0.2, 0.25) is 11.7 Å². The predicted molar refractivity (Wildman–Crippen MR) is 122 cm³/mol. The SMILES string of the molecule is CCn1nc(C)c(C(=O)c2ccc3c(c2C)c(=O)n(-c2cccc(Cl)c2)c(=O)n3C)c1O. The third kappa shape index (κ3) is 3.15. The average Bonchev–Trinajstić information content (AvgIpc) is 3.04. The molecule has 0 saturated carbocycles. The van der Waals surface area contributed by atoms with Crippen LogP contribution in [0.3, 0.4) is 0 Å². The number of hydrogen-bond acceptors (Lipinski definition) is 5. The lowest BCUT2D eigenvalue weighted by atomic mass is 9.96. The number of benzene rings is 2. The van der Waals surface area contributed by atoms with Crippen molar-refractivity contribution in [3.8, 4) is 11.6 Å². The third-order valence-corrected chi connectivity index (χ3v) is 5.87. The number of ketones is 1. The molecule has 0 bridgehead atoms. The first-order valence-electron chi connectivity index (χ1n) is 9.99. The Hall–Kier alpha value is -3.65. The lowest BCUT2D eigenvalue weighted by Gasteiger charge is -2.14. The summed E-state index contributed by atoms with van der Waals surface area (Å²) in [5.74, 6) is -0.659. The van der Waals surface area contributed by atoms with Gasteiger partial charge in [-0.2, -0.15) is 5.10 Å². The van der Waals surface area contributed by atoms with Crippen molar-refractivity contribution in [2.45, 2.75) is 27.3 Å². The van der Waals surface area contributed by atoms with Gasteiger partial charge in [-0.1, -0.05) is 17.7 Å². The number of carbonyl (C=O) groups excluding carboxylic acids is 1. The van der Waals surface area contributed by atoms with Crippen LogP contribution in [0.4, 0.5) is 0 Å². The number of aromatic hydroxyl groups is 1. The van der Waals surface area contributed by atoms with Crippen LogP contribution in [0.2, 0.25) is 5.02 Å². The summed E-state index contributed by atoms with van der Waals surface area (Å²) in [6.45, 7) is 5.51. The van der Waals surface area contributed by atoms with E-state index in [1.165, 1.54) is 15.3 Å². The Balaban J connectivity index is 2.03. The van der Waals surface area contributed by atoms with Gasteiger partial charge in [0.15, 0.2) is 0 Å². The third-order valence-electron chi connectivity index (χ3n) is 5.64. The van der Waals surface area contributed by atoms with Gasteiger partial charge in [0.05, 0.1) is 22.3 Å². The Labute approximate surface area is 187 Å². The highest BCUT2D eigenvalue weighted by Gasteiger charge is 2.25. The van der Waals surface area contributed by atoms with Crippen LogP contribution < -0.4 is 11.2 Å². The van der Waals surface area contributed by atoms with Crippen LogP contribution >= 0.6 is 11.6 Å². The van der Waals surface area contributed by atoms with Gasteiger partial charge < -0.3 is 5.11 Å². The van der Waals surface area contributed by atoms with Gasteiger partial charge in [0.1, 0.15) is 5.56 Å². The fraction of sp³-hybridized carbons (Fsp3) is 0.217. The van der Waals surface area contributed by atoms with E-state index in [1.54, 1.807) is 58.2 Å². The molecule has 0 aliphatic carbocycles. The second kappa shape index (κ2) is 7.80. The number of carbonyl (C=O) groups is 1. The molecule has 4 aromatic rings. The van der Waals surface area contributed by atoms with Gasteiger partial charge in [-0.05, 0) is 56.7 Å². The normalized spacial score (nSPS) is 11.3. The number of aromatic nitrogens is 4. The Bertz CT molecular complexity index is 1530. The second-order valence-corrected chi connectivity index (χ2v) is 7.96. The summed E-state index contributed by atoms with van der Waals surface area (Å²) < 4.78 is 3.73. The lowest BCUT2D eigenvalue weighted by molar-refractivity contribution is 0.103.